The molecule has 0 atom stereocenters. The monoisotopic (exact) mass is 628 g/mol. The molecule has 0 aliphatic rings. The Morgan fingerprint density at radius 2 is 0.980 bits per heavy atom. The first-order valence-electron chi connectivity index (χ1n) is 16.5. The van der Waals surface area contributed by atoms with E-state index in [1.165, 1.54) is 32.6 Å². The van der Waals surface area contributed by atoms with E-state index in [2.05, 4.69) is 142 Å². The van der Waals surface area contributed by atoms with Gasteiger partial charge in [0.15, 0.2) is 0 Å². The third-order valence-electron chi connectivity index (χ3n) is 9.38. The molecule has 9 rings (SSSR count). The molecule has 4 nitrogen and oxygen atoms in total. The average molecular weight is 629 g/mol. The molecule has 0 bridgehead atoms. The van der Waals surface area contributed by atoms with E-state index < -0.39 is 0 Å². The number of hydrogen-bond acceptors (Lipinski definition) is 2. The summed E-state index contributed by atoms with van der Waals surface area (Å²) >= 11 is 0. The second-order valence-corrected chi connectivity index (χ2v) is 12.3. The van der Waals surface area contributed by atoms with Crippen LogP contribution in [0.5, 0.6) is 0 Å². The summed E-state index contributed by atoms with van der Waals surface area (Å²) in [6.07, 6.45) is 1.92. The number of benzene rings is 7. The first-order valence-corrected chi connectivity index (χ1v) is 16.5. The van der Waals surface area contributed by atoms with Crippen LogP contribution in [-0.4, -0.2) is 15.0 Å². The van der Waals surface area contributed by atoms with Gasteiger partial charge in [-0.05, 0) is 70.8 Å². The molecule has 0 amide bonds. The van der Waals surface area contributed by atoms with E-state index in [0.717, 1.165) is 44.7 Å². The van der Waals surface area contributed by atoms with Crippen molar-refractivity contribution in [2.45, 2.75) is 0 Å². The van der Waals surface area contributed by atoms with Gasteiger partial charge in [0.1, 0.15) is 0 Å². The fourth-order valence-electron chi connectivity index (χ4n) is 7.04. The van der Waals surface area contributed by atoms with E-state index in [0.29, 0.717) is 5.71 Å². The summed E-state index contributed by atoms with van der Waals surface area (Å²) in [7, 11) is 0. The molecule has 49 heavy (non-hydrogen) atoms. The van der Waals surface area contributed by atoms with Crippen LogP contribution in [0.25, 0.3) is 66.1 Å². The summed E-state index contributed by atoms with van der Waals surface area (Å²) in [5.74, 6) is 0. The van der Waals surface area contributed by atoms with Crippen molar-refractivity contribution in [1.29, 1.82) is 5.41 Å². The molecule has 7 aromatic carbocycles. The largest absolute Gasteiger partial charge is 0.309 e. The lowest BCUT2D eigenvalue weighted by molar-refractivity contribution is 1.06. The van der Waals surface area contributed by atoms with Gasteiger partial charge in [-0.15, -0.1) is 0 Å². The third kappa shape index (κ3) is 4.98. The summed E-state index contributed by atoms with van der Waals surface area (Å²) in [6.45, 7) is 0. The van der Waals surface area contributed by atoms with Crippen LogP contribution in [0.3, 0.4) is 0 Å². The van der Waals surface area contributed by atoms with Crippen LogP contribution < -0.4 is 5.43 Å². The first kappa shape index (κ1) is 28.6. The van der Waals surface area contributed by atoms with Gasteiger partial charge in [-0.25, -0.2) is 0 Å². The van der Waals surface area contributed by atoms with Gasteiger partial charge in [0, 0.05) is 27.2 Å². The van der Waals surface area contributed by atoms with Crippen LogP contribution in [0.4, 0.5) is 0 Å². The minimum absolute atomic E-state index is 0.441. The summed E-state index contributed by atoms with van der Waals surface area (Å²) in [5.41, 5.74) is 14.9. The van der Waals surface area contributed by atoms with Crippen molar-refractivity contribution < 1.29 is 0 Å². The van der Waals surface area contributed by atoms with Crippen LogP contribution >= 0.6 is 0 Å². The maximum absolute atomic E-state index is 8.96. The predicted octanol–water partition coefficient (Wildman–Crippen LogP) is 11.2. The molecule has 0 aliphatic heterocycles. The molecule has 0 saturated carbocycles. The molecule has 0 spiro atoms. The Morgan fingerprint density at radius 1 is 0.449 bits per heavy atom. The molecule has 2 aromatic heterocycles. The van der Waals surface area contributed by atoms with Gasteiger partial charge >= 0.3 is 0 Å². The second kappa shape index (κ2) is 11.9. The van der Waals surface area contributed by atoms with Gasteiger partial charge in [-0.2, -0.15) is 0 Å². The highest BCUT2D eigenvalue weighted by Gasteiger charge is 2.16. The molecule has 2 N–H and O–H groups in total. The topological polar surface area (TPSA) is 45.7 Å². The number of allylic oxidation sites excluding steroid dienone is 1. The van der Waals surface area contributed by atoms with E-state index in [4.69, 9.17) is 5.41 Å². The molecule has 232 valence electrons. The Morgan fingerprint density at radius 3 is 1.71 bits per heavy atom. The molecule has 0 unspecified atom stereocenters. The Hall–Kier alpha value is -6.65. The highest BCUT2D eigenvalue weighted by Crippen LogP contribution is 2.37. The van der Waals surface area contributed by atoms with E-state index in [1.54, 1.807) is 0 Å². The Labute approximate surface area is 284 Å². The lowest BCUT2D eigenvalue weighted by Crippen LogP contribution is -2.14. The van der Waals surface area contributed by atoms with Crippen LogP contribution in [0.1, 0.15) is 11.1 Å². The molecule has 0 saturated heterocycles. The van der Waals surface area contributed by atoms with Crippen LogP contribution in [0, 0.1) is 5.41 Å². The number of hydrogen-bond donors (Lipinski definition) is 2. The quantitative estimate of drug-likeness (QED) is 0.170. The first-order chi connectivity index (χ1) is 24.2. The summed E-state index contributed by atoms with van der Waals surface area (Å²) < 4.78 is 4.52. The van der Waals surface area contributed by atoms with Gasteiger partial charge in [0.25, 0.3) is 0 Å². The zero-order chi connectivity index (χ0) is 32.7. The van der Waals surface area contributed by atoms with Gasteiger partial charge in [0.2, 0.25) is 0 Å². The fourth-order valence-corrected chi connectivity index (χ4v) is 7.04. The lowest BCUT2D eigenvalue weighted by Gasteiger charge is -2.16. The molecular formula is C45H32N4. The third-order valence-corrected chi connectivity index (χ3v) is 9.38. The van der Waals surface area contributed by atoms with Crippen LogP contribution in [0.15, 0.2) is 182 Å². The smallest absolute Gasteiger partial charge is 0.0716 e. The van der Waals surface area contributed by atoms with Crippen LogP contribution in [-0.2, 0) is 0 Å². The highest BCUT2D eigenvalue weighted by atomic mass is 15.4. The number of aromatic nitrogens is 2. The summed E-state index contributed by atoms with van der Waals surface area (Å²) in [4.78, 5) is 0. The molecule has 2 heterocycles. The van der Waals surface area contributed by atoms with E-state index in [1.807, 2.05) is 54.6 Å². The normalized spacial score (nSPS) is 11.9. The molecule has 9 aromatic rings. The van der Waals surface area contributed by atoms with Crippen molar-refractivity contribution in [3.05, 3.63) is 193 Å². The molecule has 0 radical (unpaired) electrons. The maximum Gasteiger partial charge on any atom is 0.0716 e. The number of rotatable bonds is 7. The average Bonchev–Trinajstić information content (AvgIpc) is 3.67. The SMILES string of the molecule is N=C(/C=C(\Nn1c2ccccc2c2ccc(-c3ccc4c(c3)c3ccccc3n4-c3ccccc3)cc21)c1ccccc1)c1ccccc1. The highest BCUT2D eigenvalue weighted by molar-refractivity contribution is 6.13. The van der Waals surface area contributed by atoms with Crippen molar-refractivity contribution >= 4 is 55.0 Å². The number of fused-ring (bicyclic) bond motifs is 6. The fraction of sp³-hybridized carbons (Fsp3) is 0. The van der Waals surface area contributed by atoms with Crippen molar-refractivity contribution in [3.63, 3.8) is 0 Å². The van der Waals surface area contributed by atoms with Gasteiger partial charge in [-0.1, -0.05) is 133 Å². The predicted molar refractivity (Wildman–Crippen MR) is 206 cm³/mol. The van der Waals surface area contributed by atoms with Gasteiger partial charge in [0.05, 0.1) is 33.5 Å². The molecule has 0 fully saturated rings. The van der Waals surface area contributed by atoms with Gasteiger partial charge in [-0.3, -0.25) is 10.1 Å². The van der Waals surface area contributed by atoms with Crippen molar-refractivity contribution in [3.8, 4) is 16.8 Å². The molecule has 4 heteroatoms. The zero-order valence-electron chi connectivity index (χ0n) is 26.7. The molecule has 0 aliphatic carbocycles. The number of nitrogens with one attached hydrogen (secondary N) is 2. The minimum Gasteiger partial charge on any atom is -0.309 e. The lowest BCUT2D eigenvalue weighted by atomic mass is 10.0. The zero-order valence-corrected chi connectivity index (χ0v) is 26.7. The minimum atomic E-state index is 0.441. The Bertz CT molecular complexity index is 2680. The maximum atomic E-state index is 8.96. The van der Waals surface area contributed by atoms with E-state index in [-0.39, 0.29) is 0 Å². The Balaban J connectivity index is 1.21. The second-order valence-electron chi connectivity index (χ2n) is 12.3. The molecular weight excluding hydrogens is 597 g/mol. The summed E-state index contributed by atoms with van der Waals surface area (Å²) in [6, 6.07) is 61.4. The van der Waals surface area contributed by atoms with Crippen LogP contribution in [0.2, 0.25) is 0 Å². The van der Waals surface area contributed by atoms with E-state index >= 15 is 0 Å². The van der Waals surface area contributed by atoms with Crippen molar-refractivity contribution in [2.75, 3.05) is 5.43 Å². The van der Waals surface area contributed by atoms with E-state index in [9.17, 15) is 0 Å². The number of para-hydroxylation sites is 3. The number of nitrogens with zero attached hydrogens (tertiary/aromatic N) is 2. The van der Waals surface area contributed by atoms with Gasteiger partial charge < -0.3 is 9.98 Å². The standard InChI is InChI=1S/C45H32N4/c46-40(31-14-4-1-5-15-31)30-41(32-16-6-2-7-17-32)47-49-44-23-13-11-20-36(44)38-26-24-34(29-45(38)49)33-25-27-43-39(28-33)37-21-10-12-22-42(37)48(43)35-18-8-3-9-19-35/h1-30,46-47H/b41-30-,46-40?. The van der Waals surface area contributed by atoms with Crippen molar-refractivity contribution in [1.82, 2.24) is 9.24 Å². The van der Waals surface area contributed by atoms with Crippen molar-refractivity contribution in [2.24, 2.45) is 0 Å². The Kier molecular flexibility index (Phi) is 6.91. The summed E-state index contributed by atoms with van der Waals surface area (Å²) in [5, 5.41) is 13.8.